The summed E-state index contributed by atoms with van der Waals surface area (Å²) in [6, 6.07) is 0. The lowest BCUT2D eigenvalue weighted by Crippen LogP contribution is -2.61. The third kappa shape index (κ3) is 2.86. The number of carboxylic acids is 1. The summed E-state index contributed by atoms with van der Waals surface area (Å²) in [5, 5.41) is 12.6. The summed E-state index contributed by atoms with van der Waals surface area (Å²) >= 11 is 0. The fourth-order valence-electron chi connectivity index (χ4n) is 3.18. The number of nitrogens with zero attached hydrogens (tertiary/aromatic N) is 1. The van der Waals surface area contributed by atoms with Crippen LogP contribution in [0.15, 0.2) is 0 Å². The molecule has 2 N–H and O–H groups in total. The standard InChI is InChI=1S/C12H19F3N2O2/c13-12(14,15)9-1-3-11(4-2-9,10(18)19)17-7-5-16-6-8-17/h9,16H,1-8H2,(H,18,19). The van der Waals surface area contributed by atoms with Crippen LogP contribution in [-0.2, 0) is 4.79 Å². The Kier molecular flexibility index (Phi) is 4.06. The van der Waals surface area contributed by atoms with Crippen molar-refractivity contribution >= 4 is 5.97 Å². The van der Waals surface area contributed by atoms with Gasteiger partial charge in [-0.05, 0) is 25.7 Å². The first-order chi connectivity index (χ1) is 8.86. The molecule has 4 nitrogen and oxygen atoms in total. The minimum atomic E-state index is -4.20. The number of nitrogens with one attached hydrogen (secondary N) is 1. The minimum absolute atomic E-state index is 0.0836. The molecule has 0 aromatic heterocycles. The number of carbonyl (C=O) groups is 1. The second-order valence-corrected chi connectivity index (χ2v) is 5.39. The van der Waals surface area contributed by atoms with Crippen molar-refractivity contribution in [3.05, 3.63) is 0 Å². The molecule has 0 amide bonds. The van der Waals surface area contributed by atoms with E-state index in [1.54, 1.807) is 0 Å². The first kappa shape index (κ1) is 14.6. The molecule has 0 unspecified atom stereocenters. The van der Waals surface area contributed by atoms with Crippen LogP contribution < -0.4 is 5.32 Å². The van der Waals surface area contributed by atoms with Gasteiger partial charge in [0.25, 0.3) is 0 Å². The Balaban J connectivity index is 2.09. The molecule has 1 saturated carbocycles. The number of halogens is 3. The average molecular weight is 280 g/mol. The summed E-state index contributed by atoms with van der Waals surface area (Å²) in [4.78, 5) is 13.4. The molecule has 2 aliphatic rings. The third-order valence-electron chi connectivity index (χ3n) is 4.40. The molecule has 0 bridgehead atoms. The summed E-state index contributed by atoms with van der Waals surface area (Å²) in [6.45, 7) is 2.56. The Morgan fingerprint density at radius 3 is 2.16 bits per heavy atom. The SMILES string of the molecule is O=C(O)C1(N2CCNCC2)CCC(C(F)(F)F)CC1. The van der Waals surface area contributed by atoms with Crippen LogP contribution in [0.2, 0.25) is 0 Å². The topological polar surface area (TPSA) is 52.6 Å². The summed E-state index contributed by atoms with van der Waals surface area (Å²) in [6.07, 6.45) is -4.19. The monoisotopic (exact) mass is 280 g/mol. The van der Waals surface area contributed by atoms with Crippen molar-refractivity contribution in [3.63, 3.8) is 0 Å². The van der Waals surface area contributed by atoms with E-state index in [-0.39, 0.29) is 25.7 Å². The quantitative estimate of drug-likeness (QED) is 0.804. The van der Waals surface area contributed by atoms with E-state index in [1.165, 1.54) is 0 Å². The van der Waals surface area contributed by atoms with Gasteiger partial charge >= 0.3 is 12.1 Å². The summed E-state index contributed by atoms with van der Waals surface area (Å²) < 4.78 is 38.0. The van der Waals surface area contributed by atoms with Gasteiger partial charge in [-0.15, -0.1) is 0 Å². The van der Waals surface area contributed by atoms with Crippen molar-refractivity contribution in [3.8, 4) is 0 Å². The lowest BCUT2D eigenvalue weighted by Gasteiger charge is -2.46. The molecule has 7 heteroatoms. The normalized spacial score (nSPS) is 34.2. The molecule has 2 rings (SSSR count). The highest BCUT2D eigenvalue weighted by Crippen LogP contribution is 2.43. The zero-order valence-electron chi connectivity index (χ0n) is 10.7. The maximum absolute atomic E-state index is 12.7. The van der Waals surface area contributed by atoms with Gasteiger partial charge in [0, 0.05) is 26.2 Å². The average Bonchev–Trinajstić information content (AvgIpc) is 2.38. The largest absolute Gasteiger partial charge is 0.480 e. The van der Waals surface area contributed by atoms with Gasteiger partial charge in [-0.2, -0.15) is 13.2 Å². The fraction of sp³-hybridized carbons (Fsp3) is 0.917. The van der Waals surface area contributed by atoms with E-state index >= 15 is 0 Å². The van der Waals surface area contributed by atoms with Gasteiger partial charge in [-0.25, -0.2) is 0 Å². The molecule has 0 atom stereocenters. The van der Waals surface area contributed by atoms with Crippen molar-refractivity contribution in [1.82, 2.24) is 10.2 Å². The molecule has 1 heterocycles. The number of alkyl halides is 3. The van der Waals surface area contributed by atoms with Crippen LogP contribution in [0, 0.1) is 5.92 Å². The van der Waals surface area contributed by atoms with E-state index in [4.69, 9.17) is 0 Å². The lowest BCUT2D eigenvalue weighted by molar-refractivity contribution is -0.193. The first-order valence-electron chi connectivity index (χ1n) is 6.62. The fourth-order valence-corrected chi connectivity index (χ4v) is 3.18. The van der Waals surface area contributed by atoms with Crippen LogP contribution >= 0.6 is 0 Å². The number of carboxylic acid groups (broad SMARTS) is 1. The van der Waals surface area contributed by atoms with E-state index in [1.807, 2.05) is 4.90 Å². The van der Waals surface area contributed by atoms with Crippen LogP contribution in [0.3, 0.4) is 0 Å². The van der Waals surface area contributed by atoms with Gasteiger partial charge in [-0.1, -0.05) is 0 Å². The molecular formula is C12H19F3N2O2. The van der Waals surface area contributed by atoms with E-state index in [0.717, 1.165) is 0 Å². The highest BCUT2D eigenvalue weighted by atomic mass is 19.4. The van der Waals surface area contributed by atoms with Crippen molar-refractivity contribution < 1.29 is 23.1 Å². The lowest BCUT2D eigenvalue weighted by atomic mass is 9.75. The van der Waals surface area contributed by atoms with E-state index in [9.17, 15) is 23.1 Å². The Hall–Kier alpha value is -0.820. The minimum Gasteiger partial charge on any atom is -0.480 e. The van der Waals surface area contributed by atoms with Crippen molar-refractivity contribution in [1.29, 1.82) is 0 Å². The number of hydrogen-bond donors (Lipinski definition) is 2. The second-order valence-electron chi connectivity index (χ2n) is 5.39. The van der Waals surface area contributed by atoms with Gasteiger partial charge < -0.3 is 10.4 Å². The van der Waals surface area contributed by atoms with Crippen molar-refractivity contribution in [2.24, 2.45) is 5.92 Å². The Bertz CT molecular complexity index is 332. The molecule has 1 aliphatic heterocycles. The van der Waals surface area contributed by atoms with Crippen LogP contribution in [0.25, 0.3) is 0 Å². The molecule has 0 aromatic carbocycles. The summed E-state index contributed by atoms with van der Waals surface area (Å²) in [5.41, 5.74) is -1.09. The molecule has 2 fully saturated rings. The van der Waals surface area contributed by atoms with Gasteiger partial charge in [0.05, 0.1) is 5.92 Å². The van der Waals surface area contributed by atoms with Crippen LogP contribution in [-0.4, -0.2) is 53.9 Å². The predicted octanol–water partition coefficient (Wildman–Crippen LogP) is 1.47. The van der Waals surface area contributed by atoms with Crippen molar-refractivity contribution in [2.45, 2.75) is 37.4 Å². The first-order valence-corrected chi connectivity index (χ1v) is 6.62. The third-order valence-corrected chi connectivity index (χ3v) is 4.40. The Morgan fingerprint density at radius 1 is 1.21 bits per heavy atom. The van der Waals surface area contributed by atoms with Gasteiger partial charge in [0.15, 0.2) is 0 Å². The summed E-state index contributed by atoms with van der Waals surface area (Å²) in [7, 11) is 0. The number of aliphatic carboxylic acids is 1. The van der Waals surface area contributed by atoms with Crippen LogP contribution in [0.4, 0.5) is 13.2 Å². The molecule has 0 aromatic rings. The highest BCUT2D eigenvalue weighted by molar-refractivity contribution is 5.79. The van der Waals surface area contributed by atoms with Crippen LogP contribution in [0.1, 0.15) is 25.7 Å². The number of hydrogen-bond acceptors (Lipinski definition) is 3. The predicted molar refractivity (Wildman–Crippen MR) is 62.8 cm³/mol. The molecule has 1 aliphatic carbocycles. The Morgan fingerprint density at radius 2 is 1.74 bits per heavy atom. The van der Waals surface area contributed by atoms with E-state index in [2.05, 4.69) is 5.32 Å². The smallest absolute Gasteiger partial charge is 0.391 e. The molecular weight excluding hydrogens is 261 g/mol. The number of rotatable bonds is 2. The van der Waals surface area contributed by atoms with Crippen molar-refractivity contribution in [2.75, 3.05) is 26.2 Å². The van der Waals surface area contributed by atoms with E-state index < -0.39 is 23.6 Å². The molecule has 0 radical (unpaired) electrons. The Labute approximate surface area is 110 Å². The highest BCUT2D eigenvalue weighted by Gasteiger charge is 2.51. The zero-order valence-corrected chi connectivity index (χ0v) is 10.7. The second kappa shape index (κ2) is 5.28. The summed E-state index contributed by atoms with van der Waals surface area (Å²) in [5.74, 6) is -2.32. The zero-order chi connectivity index (χ0) is 14.1. The van der Waals surface area contributed by atoms with Gasteiger partial charge in [0.2, 0.25) is 0 Å². The number of piperazine rings is 1. The van der Waals surface area contributed by atoms with E-state index in [0.29, 0.717) is 26.2 Å². The molecule has 19 heavy (non-hydrogen) atoms. The maximum Gasteiger partial charge on any atom is 0.391 e. The maximum atomic E-state index is 12.7. The molecule has 0 spiro atoms. The van der Waals surface area contributed by atoms with Gasteiger partial charge in [0.1, 0.15) is 5.54 Å². The van der Waals surface area contributed by atoms with Gasteiger partial charge in [-0.3, -0.25) is 9.69 Å². The molecule has 1 saturated heterocycles. The molecule has 110 valence electrons. The van der Waals surface area contributed by atoms with Crippen LogP contribution in [0.5, 0.6) is 0 Å².